The van der Waals surface area contributed by atoms with Crippen LogP contribution in [-0.4, -0.2) is 4.98 Å². The topological polar surface area (TPSA) is 48.1 Å². The molecule has 0 aliphatic carbocycles. The molecule has 0 saturated carbocycles. The van der Waals surface area contributed by atoms with E-state index >= 15 is 0 Å². The maximum absolute atomic E-state index is 5.95. The quantitative estimate of drug-likeness (QED) is 0.884. The molecular formula is C13H12BrClN2O. The number of hydrogen-bond donors (Lipinski definition) is 1. The van der Waals surface area contributed by atoms with Gasteiger partial charge in [-0.15, -0.1) is 0 Å². The monoisotopic (exact) mass is 326 g/mol. The van der Waals surface area contributed by atoms with Gasteiger partial charge in [0.15, 0.2) is 0 Å². The lowest BCUT2D eigenvalue weighted by Gasteiger charge is -2.11. The Balaban J connectivity index is 2.40. The maximum Gasteiger partial charge on any atom is 0.234 e. The third-order valence-corrected chi connectivity index (χ3v) is 3.80. The molecule has 1 heterocycles. The fourth-order valence-electron chi connectivity index (χ4n) is 1.43. The van der Waals surface area contributed by atoms with Gasteiger partial charge in [0.05, 0.1) is 16.4 Å². The SMILES string of the molecule is Cc1ccc(Cl)cc1Oc1ncc(N)c(C)c1Br. The van der Waals surface area contributed by atoms with Crippen LogP contribution < -0.4 is 10.5 Å². The van der Waals surface area contributed by atoms with Gasteiger partial charge in [0.25, 0.3) is 0 Å². The minimum Gasteiger partial charge on any atom is -0.438 e. The normalized spacial score (nSPS) is 10.4. The van der Waals surface area contributed by atoms with E-state index in [0.717, 1.165) is 15.6 Å². The molecule has 2 aromatic rings. The van der Waals surface area contributed by atoms with Crippen LogP contribution in [0.3, 0.4) is 0 Å². The van der Waals surface area contributed by atoms with Crippen molar-refractivity contribution in [3.8, 4) is 11.6 Å². The summed E-state index contributed by atoms with van der Waals surface area (Å²) in [6.45, 7) is 3.85. The standard InChI is InChI=1S/C13H12BrClN2O/c1-7-3-4-9(15)5-11(7)18-13-12(14)8(2)10(16)6-17-13/h3-6H,16H2,1-2H3. The van der Waals surface area contributed by atoms with E-state index in [-0.39, 0.29) is 0 Å². The van der Waals surface area contributed by atoms with Crippen LogP contribution in [0.25, 0.3) is 0 Å². The summed E-state index contributed by atoms with van der Waals surface area (Å²) >= 11 is 9.38. The molecule has 2 N–H and O–H groups in total. The lowest BCUT2D eigenvalue weighted by molar-refractivity contribution is 0.456. The zero-order valence-corrected chi connectivity index (χ0v) is 12.3. The van der Waals surface area contributed by atoms with E-state index in [9.17, 15) is 0 Å². The smallest absolute Gasteiger partial charge is 0.234 e. The van der Waals surface area contributed by atoms with E-state index in [1.165, 1.54) is 0 Å². The Bertz CT molecular complexity index is 602. The largest absolute Gasteiger partial charge is 0.438 e. The van der Waals surface area contributed by atoms with Gasteiger partial charge >= 0.3 is 0 Å². The van der Waals surface area contributed by atoms with Gasteiger partial charge in [-0.2, -0.15) is 0 Å². The third-order valence-electron chi connectivity index (χ3n) is 2.63. The average molecular weight is 328 g/mol. The van der Waals surface area contributed by atoms with E-state index in [0.29, 0.717) is 22.3 Å². The Labute approximate surface area is 119 Å². The summed E-state index contributed by atoms with van der Waals surface area (Å²) in [4.78, 5) is 4.17. The Morgan fingerprint density at radius 2 is 2.06 bits per heavy atom. The number of pyridine rings is 1. The third kappa shape index (κ3) is 2.60. The van der Waals surface area contributed by atoms with Crippen LogP contribution in [0.1, 0.15) is 11.1 Å². The van der Waals surface area contributed by atoms with E-state index < -0.39 is 0 Å². The van der Waals surface area contributed by atoms with Gasteiger partial charge in [0, 0.05) is 5.02 Å². The molecule has 0 amide bonds. The van der Waals surface area contributed by atoms with Crippen molar-refractivity contribution in [1.29, 1.82) is 0 Å². The van der Waals surface area contributed by atoms with Crippen molar-refractivity contribution in [2.75, 3.05) is 5.73 Å². The average Bonchev–Trinajstić information content (AvgIpc) is 2.34. The highest BCUT2D eigenvalue weighted by Gasteiger charge is 2.11. The molecule has 0 fully saturated rings. The van der Waals surface area contributed by atoms with Gasteiger partial charge in [-0.05, 0) is 53.0 Å². The van der Waals surface area contributed by atoms with Crippen molar-refractivity contribution >= 4 is 33.2 Å². The van der Waals surface area contributed by atoms with Crippen LogP contribution in [0.4, 0.5) is 5.69 Å². The Morgan fingerprint density at radius 1 is 1.33 bits per heavy atom. The summed E-state index contributed by atoms with van der Waals surface area (Å²) in [5, 5.41) is 0.624. The molecule has 0 bridgehead atoms. The number of anilines is 1. The Morgan fingerprint density at radius 3 is 2.78 bits per heavy atom. The lowest BCUT2D eigenvalue weighted by atomic mass is 10.2. The zero-order chi connectivity index (χ0) is 13.3. The second-order valence-corrected chi connectivity index (χ2v) is 5.20. The van der Waals surface area contributed by atoms with Crippen LogP contribution in [0.15, 0.2) is 28.9 Å². The van der Waals surface area contributed by atoms with Crippen molar-refractivity contribution in [3.05, 3.63) is 45.0 Å². The molecule has 0 aliphatic heterocycles. The summed E-state index contributed by atoms with van der Waals surface area (Å²) < 4.78 is 6.51. The molecule has 0 aliphatic rings. The van der Waals surface area contributed by atoms with Gasteiger partial charge in [-0.3, -0.25) is 0 Å². The molecule has 3 nitrogen and oxygen atoms in total. The fraction of sp³-hybridized carbons (Fsp3) is 0.154. The van der Waals surface area contributed by atoms with Gasteiger partial charge in [0.1, 0.15) is 5.75 Å². The van der Waals surface area contributed by atoms with Crippen molar-refractivity contribution in [2.24, 2.45) is 0 Å². The van der Waals surface area contributed by atoms with Crippen molar-refractivity contribution < 1.29 is 4.74 Å². The van der Waals surface area contributed by atoms with Crippen LogP contribution in [0.2, 0.25) is 5.02 Å². The zero-order valence-electron chi connectivity index (χ0n) is 10.00. The first-order valence-corrected chi connectivity index (χ1v) is 6.50. The van der Waals surface area contributed by atoms with Crippen LogP contribution in [0.5, 0.6) is 11.6 Å². The van der Waals surface area contributed by atoms with Crippen LogP contribution in [0, 0.1) is 13.8 Å². The second-order valence-electron chi connectivity index (χ2n) is 3.97. The molecule has 0 spiro atoms. The van der Waals surface area contributed by atoms with Gasteiger partial charge in [-0.1, -0.05) is 17.7 Å². The molecular weight excluding hydrogens is 316 g/mol. The predicted molar refractivity (Wildman–Crippen MR) is 77.3 cm³/mol. The molecule has 5 heteroatoms. The number of nitrogen functional groups attached to an aromatic ring is 1. The Kier molecular flexibility index (Phi) is 3.78. The highest BCUT2D eigenvalue weighted by molar-refractivity contribution is 9.10. The van der Waals surface area contributed by atoms with Crippen molar-refractivity contribution in [2.45, 2.75) is 13.8 Å². The van der Waals surface area contributed by atoms with Crippen molar-refractivity contribution in [3.63, 3.8) is 0 Å². The lowest BCUT2D eigenvalue weighted by Crippen LogP contribution is -1.97. The number of rotatable bonds is 2. The molecule has 1 aromatic heterocycles. The number of ether oxygens (including phenoxy) is 1. The first kappa shape index (κ1) is 13.2. The van der Waals surface area contributed by atoms with Gasteiger partial charge in [0.2, 0.25) is 5.88 Å². The first-order chi connectivity index (χ1) is 8.49. The van der Waals surface area contributed by atoms with Crippen LogP contribution in [-0.2, 0) is 0 Å². The molecule has 1 aromatic carbocycles. The summed E-state index contributed by atoms with van der Waals surface area (Å²) in [5.74, 6) is 1.16. The summed E-state index contributed by atoms with van der Waals surface area (Å²) in [7, 11) is 0. The number of aromatic nitrogens is 1. The molecule has 18 heavy (non-hydrogen) atoms. The molecule has 2 rings (SSSR count). The number of hydrogen-bond acceptors (Lipinski definition) is 3. The molecule has 0 radical (unpaired) electrons. The number of benzene rings is 1. The highest BCUT2D eigenvalue weighted by atomic mass is 79.9. The summed E-state index contributed by atoms with van der Waals surface area (Å²) in [6.07, 6.45) is 1.58. The summed E-state index contributed by atoms with van der Waals surface area (Å²) in [6, 6.07) is 5.48. The molecule has 94 valence electrons. The number of aryl methyl sites for hydroxylation is 1. The maximum atomic E-state index is 5.95. The molecule has 0 unspecified atom stereocenters. The number of nitrogens with two attached hydrogens (primary N) is 1. The first-order valence-electron chi connectivity index (χ1n) is 5.33. The van der Waals surface area contributed by atoms with Gasteiger partial charge in [-0.25, -0.2) is 4.98 Å². The number of nitrogens with zero attached hydrogens (tertiary/aromatic N) is 1. The minimum atomic E-state index is 0.479. The van der Waals surface area contributed by atoms with E-state index in [1.54, 1.807) is 12.3 Å². The van der Waals surface area contributed by atoms with E-state index in [1.807, 2.05) is 26.0 Å². The van der Waals surface area contributed by atoms with Gasteiger partial charge < -0.3 is 10.5 Å². The second kappa shape index (κ2) is 5.16. The predicted octanol–water partition coefficient (Wildman–Crippen LogP) is 4.49. The van der Waals surface area contributed by atoms with Crippen LogP contribution >= 0.6 is 27.5 Å². The Hall–Kier alpha value is -1.26. The van der Waals surface area contributed by atoms with Crippen molar-refractivity contribution in [1.82, 2.24) is 4.98 Å². The van der Waals surface area contributed by atoms with E-state index in [4.69, 9.17) is 22.1 Å². The fourth-order valence-corrected chi connectivity index (χ4v) is 2.00. The highest BCUT2D eigenvalue weighted by Crippen LogP contribution is 2.34. The minimum absolute atomic E-state index is 0.479. The number of halogens is 2. The summed E-state index contributed by atoms with van der Waals surface area (Å²) in [5.41, 5.74) is 8.28. The molecule has 0 atom stereocenters. The van der Waals surface area contributed by atoms with E-state index in [2.05, 4.69) is 20.9 Å². The molecule has 0 saturated heterocycles.